The Morgan fingerprint density at radius 2 is 2.24 bits per heavy atom. The van der Waals surface area contributed by atoms with Gasteiger partial charge in [0.1, 0.15) is 12.1 Å². The molecule has 86 valence electrons. The number of fused-ring (bicyclic) bond motifs is 1. The summed E-state index contributed by atoms with van der Waals surface area (Å²) in [5, 5.41) is 0. The van der Waals surface area contributed by atoms with Gasteiger partial charge in [0, 0.05) is 13.6 Å². The second-order valence-corrected chi connectivity index (χ2v) is 4.03. The zero-order chi connectivity index (χ0) is 11.8. The number of nitrogens with two attached hydrogens (primary N) is 1. The molecule has 2 heterocycles. The van der Waals surface area contributed by atoms with E-state index >= 15 is 0 Å². The zero-order valence-corrected chi connectivity index (χ0v) is 9.55. The Morgan fingerprint density at radius 1 is 1.35 bits per heavy atom. The van der Waals surface area contributed by atoms with Gasteiger partial charge in [-0.1, -0.05) is 6.07 Å². The van der Waals surface area contributed by atoms with Crippen molar-refractivity contribution < 1.29 is 4.42 Å². The zero-order valence-electron chi connectivity index (χ0n) is 9.55. The number of benzene rings is 1. The van der Waals surface area contributed by atoms with Crippen molar-refractivity contribution in [1.29, 1.82) is 0 Å². The van der Waals surface area contributed by atoms with Gasteiger partial charge in [-0.3, -0.25) is 0 Å². The van der Waals surface area contributed by atoms with Crippen molar-refractivity contribution in [3.63, 3.8) is 0 Å². The molecule has 0 saturated carbocycles. The maximum Gasteiger partial charge on any atom is 0.144 e. The highest BCUT2D eigenvalue weighted by Crippen LogP contribution is 2.24. The molecule has 4 heteroatoms. The molecule has 0 aliphatic carbocycles. The third kappa shape index (κ3) is 1.54. The Balaban J connectivity index is 2.24. The number of hydrogen-bond acceptors (Lipinski definition) is 3. The molecule has 3 rings (SSSR count). The number of nitrogens with zero attached hydrogens (tertiary/aromatic N) is 2. The minimum atomic E-state index is 0.535. The molecule has 0 bridgehead atoms. The van der Waals surface area contributed by atoms with E-state index in [1.807, 2.05) is 31.3 Å². The summed E-state index contributed by atoms with van der Waals surface area (Å²) in [6.45, 7) is 0.535. The van der Waals surface area contributed by atoms with E-state index in [9.17, 15) is 0 Å². The number of rotatable bonds is 2. The maximum absolute atomic E-state index is 5.63. The van der Waals surface area contributed by atoms with E-state index < -0.39 is 0 Å². The van der Waals surface area contributed by atoms with Crippen LogP contribution in [0.1, 0.15) is 5.56 Å². The molecular weight excluding hydrogens is 214 g/mol. The fourth-order valence-corrected chi connectivity index (χ4v) is 2.02. The molecule has 0 saturated heterocycles. The lowest BCUT2D eigenvalue weighted by Crippen LogP contribution is -1.95. The van der Waals surface area contributed by atoms with Crippen molar-refractivity contribution in [1.82, 2.24) is 9.55 Å². The monoisotopic (exact) mass is 227 g/mol. The number of aryl methyl sites for hydroxylation is 1. The summed E-state index contributed by atoms with van der Waals surface area (Å²) in [6, 6.07) is 8.02. The number of imidazole rings is 1. The second-order valence-electron chi connectivity index (χ2n) is 4.03. The van der Waals surface area contributed by atoms with Crippen molar-refractivity contribution in [3.8, 4) is 11.4 Å². The highest BCUT2D eigenvalue weighted by molar-refractivity contribution is 5.81. The van der Waals surface area contributed by atoms with Crippen LogP contribution < -0.4 is 5.73 Å². The number of hydrogen-bond donors (Lipinski definition) is 1. The standard InChI is InChI=1S/C13H13N3O/c1-16-12-3-2-9(7-14)6-11(12)15-13(16)10-4-5-17-8-10/h2-6,8H,7,14H2,1H3. The smallest absolute Gasteiger partial charge is 0.144 e. The molecule has 4 nitrogen and oxygen atoms in total. The van der Waals surface area contributed by atoms with Crippen LogP contribution in [-0.2, 0) is 13.6 Å². The van der Waals surface area contributed by atoms with E-state index in [2.05, 4.69) is 9.55 Å². The molecule has 0 unspecified atom stereocenters. The molecule has 0 atom stereocenters. The van der Waals surface area contributed by atoms with Gasteiger partial charge in [0.15, 0.2) is 0 Å². The highest BCUT2D eigenvalue weighted by Gasteiger charge is 2.10. The van der Waals surface area contributed by atoms with Gasteiger partial charge in [0.05, 0.1) is 22.9 Å². The molecular formula is C13H13N3O. The average molecular weight is 227 g/mol. The Hall–Kier alpha value is -2.07. The molecule has 0 fully saturated rings. The van der Waals surface area contributed by atoms with Gasteiger partial charge in [0.25, 0.3) is 0 Å². The van der Waals surface area contributed by atoms with Gasteiger partial charge in [-0.25, -0.2) is 4.98 Å². The van der Waals surface area contributed by atoms with E-state index in [1.54, 1.807) is 12.5 Å². The Morgan fingerprint density at radius 3 is 2.94 bits per heavy atom. The summed E-state index contributed by atoms with van der Waals surface area (Å²) in [5.41, 5.74) is 9.77. The molecule has 3 aromatic rings. The van der Waals surface area contributed by atoms with Crippen LogP contribution in [0.5, 0.6) is 0 Å². The van der Waals surface area contributed by atoms with Crippen LogP contribution in [0.4, 0.5) is 0 Å². The van der Waals surface area contributed by atoms with Crippen LogP contribution in [0.3, 0.4) is 0 Å². The summed E-state index contributed by atoms with van der Waals surface area (Å²) in [7, 11) is 2.00. The van der Waals surface area contributed by atoms with Crippen molar-refractivity contribution >= 4 is 11.0 Å². The molecule has 0 radical (unpaired) electrons. The van der Waals surface area contributed by atoms with Crippen molar-refractivity contribution in [2.24, 2.45) is 12.8 Å². The quantitative estimate of drug-likeness (QED) is 0.730. The highest BCUT2D eigenvalue weighted by atomic mass is 16.3. The summed E-state index contributed by atoms with van der Waals surface area (Å²) >= 11 is 0. The van der Waals surface area contributed by atoms with Gasteiger partial charge >= 0.3 is 0 Å². The third-order valence-corrected chi connectivity index (χ3v) is 2.96. The number of aromatic nitrogens is 2. The predicted octanol–water partition coefficient (Wildman–Crippen LogP) is 2.29. The fourth-order valence-electron chi connectivity index (χ4n) is 2.02. The summed E-state index contributed by atoms with van der Waals surface area (Å²) < 4.78 is 7.15. The Kier molecular flexibility index (Phi) is 2.23. The maximum atomic E-state index is 5.63. The van der Waals surface area contributed by atoms with Crippen LogP contribution in [0, 0.1) is 0 Å². The van der Waals surface area contributed by atoms with E-state index in [-0.39, 0.29) is 0 Å². The lowest BCUT2D eigenvalue weighted by Gasteiger charge is -1.99. The first kappa shape index (κ1) is 10.1. The molecule has 2 N–H and O–H groups in total. The minimum Gasteiger partial charge on any atom is -0.472 e. The van der Waals surface area contributed by atoms with Crippen LogP contribution in [0.2, 0.25) is 0 Å². The largest absolute Gasteiger partial charge is 0.472 e. The number of furan rings is 1. The Bertz CT molecular complexity index is 653. The van der Waals surface area contributed by atoms with Crippen molar-refractivity contribution in [2.45, 2.75) is 6.54 Å². The van der Waals surface area contributed by atoms with E-state index in [1.165, 1.54) is 0 Å². The summed E-state index contributed by atoms with van der Waals surface area (Å²) in [6.07, 6.45) is 3.35. The first-order valence-electron chi connectivity index (χ1n) is 5.47. The van der Waals surface area contributed by atoms with Gasteiger partial charge in [-0.15, -0.1) is 0 Å². The lowest BCUT2D eigenvalue weighted by molar-refractivity contribution is 0.567. The topological polar surface area (TPSA) is 57.0 Å². The molecule has 1 aromatic carbocycles. The molecule has 0 aliphatic heterocycles. The van der Waals surface area contributed by atoms with Gasteiger partial charge in [-0.05, 0) is 23.8 Å². The van der Waals surface area contributed by atoms with Crippen molar-refractivity contribution in [3.05, 3.63) is 42.4 Å². The average Bonchev–Trinajstić information content (AvgIpc) is 2.97. The van der Waals surface area contributed by atoms with Crippen LogP contribution in [-0.4, -0.2) is 9.55 Å². The van der Waals surface area contributed by atoms with Crippen LogP contribution >= 0.6 is 0 Å². The second kappa shape index (κ2) is 3.75. The predicted molar refractivity (Wildman–Crippen MR) is 66.3 cm³/mol. The minimum absolute atomic E-state index is 0.535. The van der Waals surface area contributed by atoms with Gasteiger partial charge < -0.3 is 14.7 Å². The normalized spacial score (nSPS) is 11.2. The summed E-state index contributed by atoms with van der Waals surface area (Å²) in [4.78, 5) is 4.61. The molecule has 17 heavy (non-hydrogen) atoms. The van der Waals surface area contributed by atoms with Crippen LogP contribution in [0.15, 0.2) is 41.2 Å². The van der Waals surface area contributed by atoms with E-state index in [0.29, 0.717) is 6.54 Å². The first-order chi connectivity index (χ1) is 8.29. The van der Waals surface area contributed by atoms with E-state index in [0.717, 1.165) is 28.0 Å². The first-order valence-corrected chi connectivity index (χ1v) is 5.47. The van der Waals surface area contributed by atoms with Crippen molar-refractivity contribution in [2.75, 3.05) is 0 Å². The molecule has 0 spiro atoms. The molecule has 0 aliphatic rings. The fraction of sp³-hybridized carbons (Fsp3) is 0.154. The lowest BCUT2D eigenvalue weighted by atomic mass is 10.2. The Labute approximate surface area is 98.7 Å². The third-order valence-electron chi connectivity index (χ3n) is 2.96. The molecule has 0 amide bonds. The van der Waals surface area contributed by atoms with Gasteiger partial charge in [0.2, 0.25) is 0 Å². The SMILES string of the molecule is Cn1c(-c2ccoc2)nc2cc(CN)ccc21. The van der Waals surface area contributed by atoms with Crippen LogP contribution in [0.25, 0.3) is 22.4 Å². The van der Waals surface area contributed by atoms with Gasteiger partial charge in [-0.2, -0.15) is 0 Å². The molecule has 2 aromatic heterocycles. The summed E-state index contributed by atoms with van der Waals surface area (Å²) in [5.74, 6) is 0.905. The van der Waals surface area contributed by atoms with E-state index in [4.69, 9.17) is 10.2 Å².